The van der Waals surface area contributed by atoms with Gasteiger partial charge < -0.3 is 25.2 Å². The summed E-state index contributed by atoms with van der Waals surface area (Å²) in [4.78, 5) is 20.1. The van der Waals surface area contributed by atoms with Crippen molar-refractivity contribution in [2.24, 2.45) is 4.99 Å². The minimum absolute atomic E-state index is 0.216. The molecule has 1 heterocycles. The Morgan fingerprint density at radius 3 is 2.93 bits per heavy atom. The second-order valence-corrected chi connectivity index (χ2v) is 7.05. The van der Waals surface area contributed by atoms with Crippen LogP contribution in [0, 0.1) is 0 Å². The summed E-state index contributed by atoms with van der Waals surface area (Å²) in [6.07, 6.45) is 1.51. The number of guanidine groups is 1. The zero-order chi connectivity index (χ0) is 19.6. The van der Waals surface area contributed by atoms with Crippen molar-refractivity contribution in [2.45, 2.75) is 32.4 Å². The Hall–Kier alpha value is -2.28. The van der Waals surface area contributed by atoms with E-state index in [1.807, 2.05) is 44.1 Å². The molecule has 0 spiro atoms. The fourth-order valence-corrected chi connectivity index (χ4v) is 2.99. The maximum absolute atomic E-state index is 11.8. The number of hydrogen-bond donors (Lipinski definition) is 2. The SMILES string of the molecule is CCC(=O)N1CCC(NC(=NC)NCc2cccc(OCCN(C)C)c2)C1. The van der Waals surface area contributed by atoms with Crippen LogP contribution >= 0.6 is 0 Å². The van der Waals surface area contributed by atoms with E-state index in [9.17, 15) is 4.79 Å². The average molecular weight is 376 g/mol. The number of hydrogen-bond acceptors (Lipinski definition) is 4. The first-order valence-corrected chi connectivity index (χ1v) is 9.63. The van der Waals surface area contributed by atoms with Gasteiger partial charge in [0.15, 0.2) is 5.96 Å². The van der Waals surface area contributed by atoms with Crippen LogP contribution in [0.25, 0.3) is 0 Å². The molecule has 1 aliphatic rings. The Labute approximate surface area is 162 Å². The third kappa shape index (κ3) is 7.09. The molecule has 1 aromatic rings. The number of carbonyl (C=O) groups excluding carboxylic acids is 1. The number of nitrogens with zero attached hydrogens (tertiary/aromatic N) is 3. The van der Waals surface area contributed by atoms with E-state index < -0.39 is 0 Å². The number of nitrogens with one attached hydrogen (secondary N) is 2. The van der Waals surface area contributed by atoms with Crippen LogP contribution in [0.2, 0.25) is 0 Å². The van der Waals surface area contributed by atoms with Gasteiger partial charge in [-0.3, -0.25) is 9.79 Å². The van der Waals surface area contributed by atoms with E-state index in [0.29, 0.717) is 19.6 Å². The minimum atomic E-state index is 0.216. The minimum Gasteiger partial charge on any atom is -0.492 e. The monoisotopic (exact) mass is 375 g/mol. The first-order valence-electron chi connectivity index (χ1n) is 9.63. The molecule has 0 bridgehead atoms. The van der Waals surface area contributed by atoms with Crippen molar-refractivity contribution in [1.29, 1.82) is 0 Å². The first-order chi connectivity index (χ1) is 13.0. The maximum atomic E-state index is 11.8. The van der Waals surface area contributed by atoms with Gasteiger partial charge in [0.25, 0.3) is 0 Å². The van der Waals surface area contributed by atoms with Gasteiger partial charge in [-0.15, -0.1) is 0 Å². The van der Waals surface area contributed by atoms with E-state index >= 15 is 0 Å². The molecule has 1 amide bonds. The average Bonchev–Trinajstić information content (AvgIpc) is 3.13. The highest BCUT2D eigenvalue weighted by Gasteiger charge is 2.25. The topological polar surface area (TPSA) is 69.2 Å². The molecular weight excluding hydrogens is 342 g/mol. The Kier molecular flexibility index (Phi) is 8.39. The standard InChI is InChI=1S/C20H33N5O2/c1-5-19(26)25-10-9-17(15-25)23-20(21-2)22-14-16-7-6-8-18(13-16)27-12-11-24(3)4/h6-8,13,17H,5,9-12,14-15H2,1-4H3,(H2,21,22,23). The molecule has 1 atom stereocenters. The lowest BCUT2D eigenvalue weighted by molar-refractivity contribution is -0.129. The second kappa shape index (κ2) is 10.8. The van der Waals surface area contributed by atoms with E-state index in [1.165, 1.54) is 0 Å². The van der Waals surface area contributed by atoms with Gasteiger partial charge in [-0.05, 0) is 38.2 Å². The maximum Gasteiger partial charge on any atom is 0.222 e. The number of rotatable bonds is 8. The van der Waals surface area contributed by atoms with Gasteiger partial charge in [-0.2, -0.15) is 0 Å². The van der Waals surface area contributed by atoms with Crippen molar-refractivity contribution < 1.29 is 9.53 Å². The quantitative estimate of drug-likeness (QED) is 0.530. The van der Waals surface area contributed by atoms with Gasteiger partial charge >= 0.3 is 0 Å². The van der Waals surface area contributed by atoms with Crippen LogP contribution in [0.1, 0.15) is 25.3 Å². The predicted molar refractivity (Wildman–Crippen MR) is 109 cm³/mol. The molecule has 150 valence electrons. The third-order valence-corrected chi connectivity index (χ3v) is 4.57. The summed E-state index contributed by atoms with van der Waals surface area (Å²) in [6, 6.07) is 8.34. The first kappa shape index (κ1) is 21.0. The van der Waals surface area contributed by atoms with Crippen molar-refractivity contribution in [1.82, 2.24) is 20.4 Å². The Morgan fingerprint density at radius 1 is 1.41 bits per heavy atom. The Bertz CT molecular complexity index is 633. The van der Waals surface area contributed by atoms with Crippen molar-refractivity contribution in [3.8, 4) is 5.75 Å². The van der Waals surface area contributed by atoms with Gasteiger partial charge in [0.05, 0.1) is 0 Å². The van der Waals surface area contributed by atoms with Crippen LogP contribution in [0.5, 0.6) is 5.75 Å². The number of likely N-dealkylation sites (N-methyl/N-ethyl adjacent to an activating group) is 1. The van der Waals surface area contributed by atoms with Crippen LogP contribution in [-0.2, 0) is 11.3 Å². The van der Waals surface area contributed by atoms with Crippen molar-refractivity contribution in [2.75, 3.05) is 47.4 Å². The Balaban J connectivity index is 1.80. The van der Waals surface area contributed by atoms with E-state index in [2.05, 4.69) is 26.6 Å². The number of benzene rings is 1. The number of likely N-dealkylation sites (tertiary alicyclic amines) is 1. The highest BCUT2D eigenvalue weighted by atomic mass is 16.5. The molecular formula is C20H33N5O2. The van der Waals surface area contributed by atoms with Gasteiger partial charge in [0.2, 0.25) is 5.91 Å². The van der Waals surface area contributed by atoms with E-state index in [0.717, 1.165) is 43.3 Å². The largest absolute Gasteiger partial charge is 0.492 e. The summed E-state index contributed by atoms with van der Waals surface area (Å²) in [7, 11) is 5.83. The zero-order valence-electron chi connectivity index (χ0n) is 17.0. The summed E-state index contributed by atoms with van der Waals surface area (Å²) >= 11 is 0. The summed E-state index contributed by atoms with van der Waals surface area (Å²) in [5.74, 6) is 1.85. The Morgan fingerprint density at radius 2 is 2.22 bits per heavy atom. The van der Waals surface area contributed by atoms with Crippen LogP contribution in [-0.4, -0.2) is 75.1 Å². The molecule has 7 heteroatoms. The molecule has 1 fully saturated rings. The molecule has 27 heavy (non-hydrogen) atoms. The number of amides is 1. The van der Waals surface area contributed by atoms with E-state index in [4.69, 9.17) is 4.74 Å². The number of ether oxygens (including phenoxy) is 1. The second-order valence-electron chi connectivity index (χ2n) is 7.05. The van der Waals surface area contributed by atoms with Crippen LogP contribution in [0.4, 0.5) is 0 Å². The van der Waals surface area contributed by atoms with Gasteiger partial charge in [0.1, 0.15) is 12.4 Å². The van der Waals surface area contributed by atoms with Crippen LogP contribution in [0.15, 0.2) is 29.3 Å². The fraction of sp³-hybridized carbons (Fsp3) is 0.600. The lowest BCUT2D eigenvalue weighted by atomic mass is 10.2. The van der Waals surface area contributed by atoms with E-state index in [-0.39, 0.29) is 11.9 Å². The molecule has 0 radical (unpaired) electrons. The molecule has 0 saturated carbocycles. The number of carbonyl (C=O) groups is 1. The van der Waals surface area contributed by atoms with Gasteiger partial charge in [0, 0.05) is 45.7 Å². The van der Waals surface area contributed by atoms with Crippen LogP contribution in [0.3, 0.4) is 0 Å². The normalized spacial score (nSPS) is 17.3. The molecule has 0 aliphatic carbocycles. The molecule has 1 unspecified atom stereocenters. The summed E-state index contributed by atoms with van der Waals surface area (Å²) in [6.45, 7) is 5.67. The molecule has 1 aliphatic heterocycles. The third-order valence-electron chi connectivity index (χ3n) is 4.57. The lowest BCUT2D eigenvalue weighted by Crippen LogP contribution is -2.44. The predicted octanol–water partition coefficient (Wildman–Crippen LogP) is 1.30. The van der Waals surface area contributed by atoms with Gasteiger partial charge in [-0.25, -0.2) is 0 Å². The molecule has 2 N–H and O–H groups in total. The van der Waals surface area contributed by atoms with Crippen molar-refractivity contribution >= 4 is 11.9 Å². The number of aliphatic imine (C=N–C) groups is 1. The van der Waals surface area contributed by atoms with Crippen LogP contribution < -0.4 is 15.4 Å². The highest BCUT2D eigenvalue weighted by Crippen LogP contribution is 2.13. The highest BCUT2D eigenvalue weighted by molar-refractivity contribution is 5.80. The molecule has 1 aromatic carbocycles. The molecule has 1 saturated heterocycles. The molecule has 0 aromatic heterocycles. The zero-order valence-corrected chi connectivity index (χ0v) is 17.0. The summed E-state index contributed by atoms with van der Waals surface area (Å²) in [5, 5.41) is 6.76. The summed E-state index contributed by atoms with van der Waals surface area (Å²) in [5.41, 5.74) is 1.13. The van der Waals surface area contributed by atoms with Gasteiger partial charge in [-0.1, -0.05) is 19.1 Å². The molecule has 2 rings (SSSR count). The van der Waals surface area contributed by atoms with Crippen molar-refractivity contribution in [3.63, 3.8) is 0 Å². The smallest absolute Gasteiger partial charge is 0.222 e. The van der Waals surface area contributed by atoms with Crippen molar-refractivity contribution in [3.05, 3.63) is 29.8 Å². The van der Waals surface area contributed by atoms with E-state index in [1.54, 1.807) is 7.05 Å². The lowest BCUT2D eigenvalue weighted by Gasteiger charge is -2.19. The summed E-state index contributed by atoms with van der Waals surface area (Å²) < 4.78 is 5.79. The fourth-order valence-electron chi connectivity index (χ4n) is 2.99. The molecule has 7 nitrogen and oxygen atoms in total.